The molecule has 1 fully saturated rings. The monoisotopic (exact) mass is 253 g/mol. The van der Waals surface area contributed by atoms with Gasteiger partial charge in [-0.1, -0.05) is 18.2 Å². The van der Waals surface area contributed by atoms with Crippen LogP contribution in [0.15, 0.2) is 30.3 Å². The first-order chi connectivity index (χ1) is 8.34. The minimum atomic E-state index is 0.346. The maximum Gasteiger partial charge on any atom is 0.119 e. The van der Waals surface area contributed by atoms with Crippen LogP contribution in [0.1, 0.15) is 19.3 Å². The summed E-state index contributed by atoms with van der Waals surface area (Å²) in [5.41, 5.74) is 0. The molecular weight excluding hydrogens is 234 g/mol. The van der Waals surface area contributed by atoms with Crippen LogP contribution in [0.2, 0.25) is 0 Å². The molecule has 3 heteroatoms. The van der Waals surface area contributed by atoms with Gasteiger partial charge in [-0.05, 0) is 37.9 Å². The number of piperidine rings is 1. The zero-order valence-electron chi connectivity index (χ0n) is 10.1. The number of halogens is 1. The first-order valence-electron chi connectivity index (χ1n) is 6.39. The summed E-state index contributed by atoms with van der Waals surface area (Å²) in [6.45, 7) is 4.10. The van der Waals surface area contributed by atoms with Crippen molar-refractivity contribution in [3.8, 4) is 5.75 Å². The molecule has 0 radical (unpaired) electrons. The van der Waals surface area contributed by atoms with Gasteiger partial charge in [-0.2, -0.15) is 0 Å². The number of rotatable bonds is 5. The molecule has 0 N–H and O–H groups in total. The Morgan fingerprint density at radius 3 is 2.88 bits per heavy atom. The highest BCUT2D eigenvalue weighted by Gasteiger charge is 2.16. The predicted molar refractivity (Wildman–Crippen MR) is 71.9 cm³/mol. The zero-order valence-corrected chi connectivity index (χ0v) is 10.9. The third-order valence-electron chi connectivity index (χ3n) is 3.08. The third kappa shape index (κ3) is 4.57. The molecule has 1 aliphatic rings. The number of hydrogen-bond donors (Lipinski definition) is 0. The van der Waals surface area contributed by atoms with Crippen LogP contribution < -0.4 is 4.74 Å². The van der Waals surface area contributed by atoms with Gasteiger partial charge in [0.2, 0.25) is 0 Å². The molecule has 1 heterocycles. The molecule has 1 saturated heterocycles. The summed E-state index contributed by atoms with van der Waals surface area (Å²) < 4.78 is 5.66. The molecule has 94 valence electrons. The van der Waals surface area contributed by atoms with E-state index < -0.39 is 0 Å². The SMILES string of the molecule is ClC1CCCN(CCCOc2ccccc2)C1. The van der Waals surface area contributed by atoms with E-state index in [4.69, 9.17) is 16.3 Å². The largest absolute Gasteiger partial charge is 0.494 e. The summed E-state index contributed by atoms with van der Waals surface area (Å²) in [7, 11) is 0. The molecular formula is C14H20ClNO. The standard InChI is InChI=1S/C14H20ClNO/c15-13-6-4-9-16(12-13)10-5-11-17-14-7-2-1-3-8-14/h1-3,7-8,13H,4-6,9-12H2. The molecule has 1 atom stereocenters. The molecule has 1 aromatic rings. The fourth-order valence-electron chi connectivity index (χ4n) is 2.20. The Labute approximate surface area is 109 Å². The van der Waals surface area contributed by atoms with Gasteiger partial charge in [0.05, 0.1) is 6.61 Å². The molecule has 2 nitrogen and oxygen atoms in total. The van der Waals surface area contributed by atoms with Crippen LogP contribution in [0.3, 0.4) is 0 Å². The van der Waals surface area contributed by atoms with E-state index >= 15 is 0 Å². The molecule has 1 aliphatic heterocycles. The van der Waals surface area contributed by atoms with E-state index in [1.165, 1.54) is 19.4 Å². The Hall–Kier alpha value is -0.730. The van der Waals surface area contributed by atoms with Crippen molar-refractivity contribution in [2.75, 3.05) is 26.2 Å². The fraction of sp³-hybridized carbons (Fsp3) is 0.571. The van der Waals surface area contributed by atoms with Crippen molar-refractivity contribution in [2.45, 2.75) is 24.6 Å². The van der Waals surface area contributed by atoms with Crippen molar-refractivity contribution in [3.63, 3.8) is 0 Å². The van der Waals surface area contributed by atoms with Gasteiger partial charge in [-0.15, -0.1) is 11.6 Å². The Balaban J connectivity index is 1.60. The van der Waals surface area contributed by atoms with E-state index in [0.717, 1.165) is 31.9 Å². The minimum Gasteiger partial charge on any atom is -0.494 e. The van der Waals surface area contributed by atoms with Crippen molar-refractivity contribution < 1.29 is 4.74 Å². The molecule has 2 rings (SSSR count). The lowest BCUT2D eigenvalue weighted by atomic mass is 10.1. The number of alkyl halides is 1. The van der Waals surface area contributed by atoms with Crippen LogP contribution in [-0.2, 0) is 0 Å². The first-order valence-corrected chi connectivity index (χ1v) is 6.82. The van der Waals surface area contributed by atoms with E-state index in [0.29, 0.717) is 5.38 Å². The van der Waals surface area contributed by atoms with Crippen LogP contribution in [-0.4, -0.2) is 36.5 Å². The molecule has 17 heavy (non-hydrogen) atoms. The van der Waals surface area contributed by atoms with E-state index in [9.17, 15) is 0 Å². The van der Waals surface area contributed by atoms with Crippen molar-refractivity contribution in [3.05, 3.63) is 30.3 Å². The summed E-state index contributed by atoms with van der Waals surface area (Å²) in [4.78, 5) is 2.44. The smallest absolute Gasteiger partial charge is 0.119 e. The van der Waals surface area contributed by atoms with Crippen LogP contribution in [0.25, 0.3) is 0 Å². The second-order valence-corrected chi connectivity index (χ2v) is 5.17. The van der Waals surface area contributed by atoms with Crippen molar-refractivity contribution >= 4 is 11.6 Å². The molecule has 0 amide bonds. The maximum atomic E-state index is 6.15. The number of para-hydroxylation sites is 1. The topological polar surface area (TPSA) is 12.5 Å². The Morgan fingerprint density at radius 1 is 1.29 bits per heavy atom. The minimum absolute atomic E-state index is 0.346. The molecule has 0 saturated carbocycles. The number of likely N-dealkylation sites (tertiary alicyclic amines) is 1. The average molecular weight is 254 g/mol. The van der Waals surface area contributed by atoms with E-state index in [2.05, 4.69) is 4.90 Å². The molecule has 1 unspecified atom stereocenters. The van der Waals surface area contributed by atoms with Gasteiger partial charge in [-0.3, -0.25) is 0 Å². The molecule has 1 aromatic carbocycles. The van der Waals surface area contributed by atoms with Gasteiger partial charge in [0, 0.05) is 18.5 Å². The summed E-state index contributed by atoms with van der Waals surface area (Å²) in [5, 5.41) is 0.346. The van der Waals surface area contributed by atoms with E-state index in [1.54, 1.807) is 0 Å². The lowest BCUT2D eigenvalue weighted by molar-refractivity contribution is 0.207. The average Bonchev–Trinajstić information content (AvgIpc) is 2.36. The second-order valence-electron chi connectivity index (χ2n) is 4.56. The van der Waals surface area contributed by atoms with Crippen molar-refractivity contribution in [1.29, 1.82) is 0 Å². The Morgan fingerprint density at radius 2 is 2.12 bits per heavy atom. The van der Waals surface area contributed by atoms with Gasteiger partial charge < -0.3 is 9.64 Å². The van der Waals surface area contributed by atoms with Crippen molar-refractivity contribution in [1.82, 2.24) is 4.90 Å². The summed E-state index contributed by atoms with van der Waals surface area (Å²) >= 11 is 6.15. The Kier molecular flexibility index (Phi) is 5.14. The number of nitrogens with zero attached hydrogens (tertiary/aromatic N) is 1. The lowest BCUT2D eigenvalue weighted by Crippen LogP contribution is -2.36. The maximum absolute atomic E-state index is 6.15. The van der Waals surface area contributed by atoms with Gasteiger partial charge in [0.15, 0.2) is 0 Å². The highest BCUT2D eigenvalue weighted by Crippen LogP contribution is 2.15. The Bertz CT molecular complexity index is 317. The van der Waals surface area contributed by atoms with Crippen LogP contribution in [0, 0.1) is 0 Å². The highest BCUT2D eigenvalue weighted by molar-refractivity contribution is 6.20. The quantitative estimate of drug-likeness (QED) is 0.590. The molecule has 0 aromatic heterocycles. The summed E-state index contributed by atoms with van der Waals surface area (Å²) in [6, 6.07) is 9.99. The normalized spacial score (nSPS) is 21.4. The van der Waals surface area contributed by atoms with Crippen LogP contribution >= 0.6 is 11.6 Å². The van der Waals surface area contributed by atoms with Gasteiger partial charge in [0.25, 0.3) is 0 Å². The fourth-order valence-corrected chi connectivity index (χ4v) is 2.55. The molecule has 0 aliphatic carbocycles. The molecule has 0 spiro atoms. The number of hydrogen-bond acceptors (Lipinski definition) is 2. The lowest BCUT2D eigenvalue weighted by Gasteiger charge is -2.29. The van der Waals surface area contributed by atoms with E-state index in [-0.39, 0.29) is 0 Å². The highest BCUT2D eigenvalue weighted by atomic mass is 35.5. The van der Waals surface area contributed by atoms with E-state index in [1.807, 2.05) is 30.3 Å². The van der Waals surface area contributed by atoms with Crippen LogP contribution in [0.4, 0.5) is 0 Å². The second kappa shape index (κ2) is 6.87. The number of ether oxygens (including phenoxy) is 1. The summed E-state index contributed by atoms with van der Waals surface area (Å²) in [6.07, 6.45) is 3.46. The third-order valence-corrected chi connectivity index (χ3v) is 3.43. The number of benzene rings is 1. The van der Waals surface area contributed by atoms with Gasteiger partial charge in [-0.25, -0.2) is 0 Å². The zero-order chi connectivity index (χ0) is 11.9. The van der Waals surface area contributed by atoms with Gasteiger partial charge in [0.1, 0.15) is 5.75 Å². The van der Waals surface area contributed by atoms with Crippen LogP contribution in [0.5, 0.6) is 5.75 Å². The van der Waals surface area contributed by atoms with Crippen molar-refractivity contribution in [2.24, 2.45) is 0 Å². The predicted octanol–water partition coefficient (Wildman–Crippen LogP) is 3.16. The summed E-state index contributed by atoms with van der Waals surface area (Å²) in [5.74, 6) is 0.960. The molecule has 0 bridgehead atoms. The first kappa shape index (κ1) is 12.7. The van der Waals surface area contributed by atoms with Gasteiger partial charge >= 0.3 is 0 Å².